The minimum atomic E-state index is 0.0995. The van der Waals surface area contributed by atoms with Crippen molar-refractivity contribution in [1.82, 2.24) is 4.90 Å². The van der Waals surface area contributed by atoms with Crippen molar-refractivity contribution in [2.24, 2.45) is 0 Å². The number of rotatable bonds is 4. The van der Waals surface area contributed by atoms with E-state index in [1.54, 1.807) is 6.08 Å². The molecule has 140 valence electrons. The van der Waals surface area contributed by atoms with Gasteiger partial charge < -0.3 is 14.1 Å². The Kier molecular flexibility index (Phi) is 5.40. The van der Waals surface area contributed by atoms with Gasteiger partial charge in [-0.25, -0.2) is 0 Å². The summed E-state index contributed by atoms with van der Waals surface area (Å²) in [5.41, 5.74) is 4.93. The zero-order valence-electron chi connectivity index (χ0n) is 16.6. The van der Waals surface area contributed by atoms with E-state index in [0.29, 0.717) is 6.61 Å². The highest BCUT2D eigenvalue weighted by Crippen LogP contribution is 2.38. The molecule has 0 aliphatic carbocycles. The third-order valence-corrected chi connectivity index (χ3v) is 5.37. The van der Waals surface area contributed by atoms with Gasteiger partial charge in [0.25, 0.3) is 0 Å². The predicted molar refractivity (Wildman–Crippen MR) is 106 cm³/mol. The van der Waals surface area contributed by atoms with E-state index in [1.165, 1.54) is 6.42 Å². The first-order valence-electron chi connectivity index (χ1n) is 9.57. The Morgan fingerprint density at radius 2 is 1.88 bits per heavy atom. The third kappa shape index (κ3) is 3.37. The van der Waals surface area contributed by atoms with Gasteiger partial charge in [-0.15, -0.1) is 0 Å². The highest BCUT2D eigenvalue weighted by Gasteiger charge is 2.20. The molecule has 1 saturated heterocycles. The van der Waals surface area contributed by atoms with Gasteiger partial charge in [-0.1, -0.05) is 0 Å². The number of ether oxygens (including phenoxy) is 1. The van der Waals surface area contributed by atoms with Crippen LogP contribution in [0.25, 0.3) is 16.5 Å². The molecule has 1 aromatic carbocycles. The molecule has 0 radical (unpaired) electrons. The van der Waals surface area contributed by atoms with Crippen LogP contribution in [0, 0.1) is 20.8 Å². The third-order valence-electron chi connectivity index (χ3n) is 5.37. The Morgan fingerprint density at radius 3 is 2.54 bits per heavy atom. The number of furan rings is 1. The number of hydrogen-bond donors (Lipinski definition) is 0. The fraction of sp³-hybridized carbons (Fsp3) is 0.500. The summed E-state index contributed by atoms with van der Waals surface area (Å²) >= 11 is 0. The van der Waals surface area contributed by atoms with Gasteiger partial charge in [0.2, 0.25) is 5.91 Å². The number of benzene rings is 1. The molecular weight excluding hydrogens is 326 g/mol. The molecule has 26 heavy (non-hydrogen) atoms. The largest absolute Gasteiger partial charge is 0.493 e. The maximum atomic E-state index is 12.7. The lowest BCUT2D eigenvalue weighted by Gasteiger charge is -2.25. The van der Waals surface area contributed by atoms with Gasteiger partial charge in [-0.2, -0.15) is 0 Å². The topological polar surface area (TPSA) is 42.7 Å². The average Bonchev–Trinajstić information content (AvgIpc) is 2.93. The molecule has 0 atom stereocenters. The molecule has 4 heteroatoms. The fourth-order valence-electron chi connectivity index (χ4n) is 3.70. The molecule has 0 bridgehead atoms. The summed E-state index contributed by atoms with van der Waals surface area (Å²) in [5, 5.41) is 1.09. The van der Waals surface area contributed by atoms with Crippen molar-refractivity contribution < 1.29 is 13.9 Å². The average molecular weight is 355 g/mol. The van der Waals surface area contributed by atoms with Gasteiger partial charge in [0.1, 0.15) is 17.1 Å². The van der Waals surface area contributed by atoms with E-state index < -0.39 is 0 Å². The highest BCUT2D eigenvalue weighted by molar-refractivity contribution is 5.98. The van der Waals surface area contributed by atoms with Crippen LogP contribution in [0.4, 0.5) is 0 Å². The van der Waals surface area contributed by atoms with E-state index in [4.69, 9.17) is 9.15 Å². The number of carbonyl (C=O) groups is 1. The van der Waals surface area contributed by atoms with Gasteiger partial charge in [-0.3, -0.25) is 4.79 Å². The number of hydrogen-bond acceptors (Lipinski definition) is 3. The van der Waals surface area contributed by atoms with Gasteiger partial charge >= 0.3 is 0 Å². The van der Waals surface area contributed by atoms with Crippen LogP contribution in [-0.4, -0.2) is 30.5 Å². The number of carbonyl (C=O) groups excluding carboxylic acids is 1. The van der Waals surface area contributed by atoms with Crippen LogP contribution in [0.2, 0.25) is 0 Å². The number of aryl methyl sites for hydroxylation is 3. The summed E-state index contributed by atoms with van der Waals surface area (Å²) in [7, 11) is 0. The summed E-state index contributed by atoms with van der Waals surface area (Å²) in [4.78, 5) is 14.6. The molecule has 1 amide bonds. The van der Waals surface area contributed by atoms with Crippen LogP contribution in [-0.2, 0) is 4.79 Å². The molecule has 1 aliphatic rings. The normalized spacial score (nSPS) is 15.6. The Hall–Kier alpha value is -2.23. The van der Waals surface area contributed by atoms with Crippen LogP contribution < -0.4 is 4.74 Å². The summed E-state index contributed by atoms with van der Waals surface area (Å²) in [6.07, 6.45) is 5.18. The van der Waals surface area contributed by atoms with Gasteiger partial charge in [0.05, 0.1) is 6.61 Å². The summed E-state index contributed by atoms with van der Waals surface area (Å²) in [6.45, 7) is 12.3. The molecule has 1 aromatic heterocycles. The van der Waals surface area contributed by atoms with E-state index in [2.05, 4.69) is 13.0 Å². The van der Waals surface area contributed by atoms with Crippen molar-refractivity contribution in [3.8, 4) is 5.75 Å². The van der Waals surface area contributed by atoms with Crippen molar-refractivity contribution in [3.63, 3.8) is 0 Å². The first-order valence-corrected chi connectivity index (χ1v) is 9.57. The zero-order valence-corrected chi connectivity index (χ0v) is 16.6. The quantitative estimate of drug-likeness (QED) is 0.710. The van der Waals surface area contributed by atoms with Crippen LogP contribution in [0.3, 0.4) is 0 Å². The number of fused-ring (bicyclic) bond motifs is 1. The molecule has 2 aromatic rings. The monoisotopic (exact) mass is 355 g/mol. The van der Waals surface area contributed by atoms with Gasteiger partial charge in [0.15, 0.2) is 0 Å². The Morgan fingerprint density at radius 1 is 1.19 bits per heavy atom. The van der Waals surface area contributed by atoms with Crippen molar-refractivity contribution >= 4 is 22.4 Å². The molecule has 3 rings (SSSR count). The van der Waals surface area contributed by atoms with E-state index in [1.807, 2.05) is 32.6 Å². The van der Waals surface area contributed by atoms with Crippen molar-refractivity contribution in [2.45, 2.75) is 53.9 Å². The van der Waals surface area contributed by atoms with Crippen LogP contribution in [0.5, 0.6) is 5.75 Å². The Balaban J connectivity index is 2.06. The fourth-order valence-corrected chi connectivity index (χ4v) is 3.70. The molecule has 0 saturated carbocycles. The Bertz CT molecular complexity index is 854. The lowest BCUT2D eigenvalue weighted by atomic mass is 9.98. The van der Waals surface area contributed by atoms with Crippen LogP contribution in [0.1, 0.15) is 55.6 Å². The Labute approximate surface area is 155 Å². The van der Waals surface area contributed by atoms with E-state index in [0.717, 1.165) is 70.7 Å². The van der Waals surface area contributed by atoms with Gasteiger partial charge in [0, 0.05) is 35.7 Å². The summed E-state index contributed by atoms with van der Waals surface area (Å²) < 4.78 is 11.9. The number of nitrogens with zero attached hydrogens (tertiary/aromatic N) is 1. The van der Waals surface area contributed by atoms with Crippen molar-refractivity contribution in [1.29, 1.82) is 0 Å². The standard InChI is InChI=1S/C22H29NO3/c1-6-25-21-16(4)22-19(15(3)17(5)26-22)13-18(21)14(2)12-20(24)23-10-8-7-9-11-23/h12-13H,6-11H2,1-5H3/b14-12+. The first kappa shape index (κ1) is 18.6. The number of likely N-dealkylation sites (tertiary alicyclic amines) is 1. The second-order valence-corrected chi connectivity index (χ2v) is 7.18. The second-order valence-electron chi connectivity index (χ2n) is 7.18. The van der Waals surface area contributed by atoms with E-state index in [9.17, 15) is 4.79 Å². The SMILES string of the molecule is CCOc1c(/C(C)=C/C(=O)N2CCCCC2)cc2c(C)c(C)oc2c1C. The summed E-state index contributed by atoms with van der Waals surface area (Å²) in [5.74, 6) is 1.84. The van der Waals surface area contributed by atoms with Gasteiger partial charge in [-0.05, 0) is 71.1 Å². The number of allylic oxidation sites excluding steroid dienone is 1. The molecule has 2 heterocycles. The predicted octanol–water partition coefficient (Wildman–Crippen LogP) is 5.17. The zero-order chi connectivity index (χ0) is 18.8. The lowest BCUT2D eigenvalue weighted by Crippen LogP contribution is -2.34. The lowest BCUT2D eigenvalue weighted by molar-refractivity contribution is -0.126. The number of amides is 1. The maximum Gasteiger partial charge on any atom is 0.246 e. The molecule has 0 N–H and O–H groups in total. The molecule has 0 spiro atoms. The second kappa shape index (κ2) is 7.56. The van der Waals surface area contributed by atoms with Crippen molar-refractivity contribution in [3.05, 3.63) is 34.6 Å². The molecule has 1 aliphatic heterocycles. The minimum Gasteiger partial charge on any atom is -0.493 e. The van der Waals surface area contributed by atoms with Crippen LogP contribution in [0.15, 0.2) is 16.6 Å². The molecule has 0 unspecified atom stereocenters. The smallest absolute Gasteiger partial charge is 0.246 e. The number of piperidine rings is 1. The van der Waals surface area contributed by atoms with Crippen molar-refractivity contribution in [2.75, 3.05) is 19.7 Å². The summed E-state index contributed by atoms with van der Waals surface area (Å²) in [6, 6.07) is 2.11. The molecule has 1 fully saturated rings. The highest BCUT2D eigenvalue weighted by atomic mass is 16.5. The first-order chi connectivity index (χ1) is 12.4. The maximum absolute atomic E-state index is 12.7. The molecular formula is C22H29NO3. The molecule has 4 nitrogen and oxygen atoms in total. The van der Waals surface area contributed by atoms with E-state index >= 15 is 0 Å². The minimum absolute atomic E-state index is 0.0995. The van der Waals surface area contributed by atoms with E-state index in [-0.39, 0.29) is 5.91 Å². The van der Waals surface area contributed by atoms with Crippen LogP contribution >= 0.6 is 0 Å².